The van der Waals surface area contributed by atoms with Crippen molar-refractivity contribution in [1.82, 2.24) is 9.80 Å². The highest BCUT2D eigenvalue weighted by atomic mass is 19.4. The van der Waals surface area contributed by atoms with Gasteiger partial charge >= 0.3 is 12.1 Å². The third kappa shape index (κ3) is 8.33. The summed E-state index contributed by atoms with van der Waals surface area (Å²) in [5.41, 5.74) is 3.73. The Labute approximate surface area is 292 Å². The third-order valence-electron chi connectivity index (χ3n) is 9.87. The maximum atomic E-state index is 13.1. The first-order valence-corrected chi connectivity index (χ1v) is 16.9. The predicted molar refractivity (Wildman–Crippen MR) is 181 cm³/mol. The van der Waals surface area contributed by atoms with E-state index in [9.17, 15) is 38.0 Å². The zero-order valence-corrected chi connectivity index (χ0v) is 28.0. The molecule has 3 fully saturated rings. The molecule has 2 amide bonds. The number of aliphatic hydroxyl groups is 1. The molecule has 0 radical (unpaired) electrons. The molecule has 3 aromatic carbocycles. The molecule has 6 rings (SSSR count). The third-order valence-corrected chi connectivity index (χ3v) is 9.87. The molecule has 15 heteroatoms. The summed E-state index contributed by atoms with van der Waals surface area (Å²) >= 11 is 0. The Morgan fingerprint density at radius 2 is 1.57 bits per heavy atom. The Bertz CT molecular complexity index is 1680. The first-order chi connectivity index (χ1) is 24.4. The summed E-state index contributed by atoms with van der Waals surface area (Å²) in [5.74, 6) is -2.75. The second-order valence-corrected chi connectivity index (χ2v) is 13.1. The van der Waals surface area contributed by atoms with Gasteiger partial charge in [0.2, 0.25) is 5.91 Å². The van der Waals surface area contributed by atoms with Crippen molar-refractivity contribution in [2.45, 2.75) is 57.1 Å². The molecule has 0 saturated carbocycles. The minimum absolute atomic E-state index is 0.0514. The van der Waals surface area contributed by atoms with E-state index in [1.165, 1.54) is 12.1 Å². The number of carbonyl (C=O) groups is 2. The van der Waals surface area contributed by atoms with Gasteiger partial charge in [0.05, 0.1) is 23.7 Å². The summed E-state index contributed by atoms with van der Waals surface area (Å²) in [6, 6.07) is 19.6. The van der Waals surface area contributed by atoms with Crippen LogP contribution in [0.15, 0.2) is 72.8 Å². The Morgan fingerprint density at radius 3 is 2.18 bits per heavy atom. The molecular formula is C36H40F3N5O7. The summed E-state index contributed by atoms with van der Waals surface area (Å²) in [4.78, 5) is 40.5. The number of hydrogen-bond acceptors (Lipinski definition) is 9. The highest BCUT2D eigenvalue weighted by molar-refractivity contribution is 5.98. The van der Waals surface area contributed by atoms with Crippen molar-refractivity contribution in [1.29, 1.82) is 0 Å². The minimum atomic E-state index is -5.05. The average molecular weight is 712 g/mol. The number of anilines is 2. The highest BCUT2D eigenvalue weighted by Crippen LogP contribution is 2.42. The van der Waals surface area contributed by atoms with Crippen LogP contribution >= 0.6 is 0 Å². The summed E-state index contributed by atoms with van der Waals surface area (Å²) < 4.78 is 52.3. The molecule has 3 aromatic rings. The normalized spacial score (nSPS) is 24.4. The van der Waals surface area contributed by atoms with E-state index in [0.717, 1.165) is 43.0 Å². The van der Waals surface area contributed by atoms with E-state index in [-0.39, 0.29) is 43.4 Å². The standard InChI is InChI=1S/C36H40F3N5O7/c1-23-31(21-41-17-19-42(20-18-41)28-12-14-29(15-13-28)44(48)49)50-34(51-32(23)25-6-4-24(22-45)5-7-25)26-8-10-27(11-9-26)40-33(46)30-3-2-16-43(30)35(47)36(37,38)39/h4-15,23,30-32,34,45H,2-3,16-22H2,1H3,(H,40,46)/t23-,30-,31+,32+,34+/m0/s1. The molecule has 0 aliphatic carbocycles. The van der Waals surface area contributed by atoms with Gasteiger partial charge in [0.1, 0.15) is 6.04 Å². The number of piperazine rings is 1. The topological polar surface area (TPSA) is 138 Å². The average Bonchev–Trinajstić information content (AvgIpc) is 3.63. The molecule has 272 valence electrons. The van der Waals surface area contributed by atoms with Crippen molar-refractivity contribution in [3.8, 4) is 0 Å². The SMILES string of the molecule is C[C@H]1[C@@H](CN2CCN(c3ccc([N+](=O)[O-])cc3)CC2)O[C@@H](c2ccc(NC(=O)[C@@H]3CCCN3C(=O)C(F)(F)F)cc2)O[C@H]1c1ccc(CO)cc1. The van der Waals surface area contributed by atoms with E-state index in [0.29, 0.717) is 29.1 Å². The van der Waals surface area contributed by atoms with Gasteiger partial charge < -0.3 is 29.7 Å². The zero-order valence-electron chi connectivity index (χ0n) is 28.0. The van der Waals surface area contributed by atoms with Crippen LogP contribution in [0, 0.1) is 16.0 Å². The van der Waals surface area contributed by atoms with E-state index >= 15 is 0 Å². The number of benzene rings is 3. The molecule has 3 saturated heterocycles. The second kappa shape index (κ2) is 15.4. The lowest BCUT2D eigenvalue weighted by Gasteiger charge is -2.44. The fourth-order valence-electron chi connectivity index (χ4n) is 6.95. The monoisotopic (exact) mass is 711 g/mol. The van der Waals surface area contributed by atoms with Gasteiger partial charge in [-0.15, -0.1) is 0 Å². The lowest BCUT2D eigenvalue weighted by atomic mass is 9.90. The summed E-state index contributed by atoms with van der Waals surface area (Å²) in [6.45, 7) is 5.48. The van der Waals surface area contributed by atoms with Crippen LogP contribution in [0.4, 0.5) is 30.2 Å². The van der Waals surface area contributed by atoms with Gasteiger partial charge in [-0.2, -0.15) is 13.2 Å². The number of rotatable bonds is 9. The molecule has 12 nitrogen and oxygen atoms in total. The number of carbonyl (C=O) groups excluding carboxylic acids is 2. The summed E-state index contributed by atoms with van der Waals surface area (Å²) in [6.07, 6.45) is -5.97. The Hall–Kier alpha value is -4.57. The number of nitrogens with zero attached hydrogens (tertiary/aromatic N) is 4. The van der Waals surface area contributed by atoms with Crippen LogP contribution in [0.25, 0.3) is 0 Å². The number of nitro groups is 1. The molecule has 0 unspecified atom stereocenters. The largest absolute Gasteiger partial charge is 0.471 e. The number of ether oxygens (including phenoxy) is 2. The van der Waals surface area contributed by atoms with E-state index in [4.69, 9.17) is 9.47 Å². The Balaban J connectivity index is 1.13. The number of likely N-dealkylation sites (tertiary alicyclic amines) is 1. The van der Waals surface area contributed by atoms with Crippen LogP contribution < -0.4 is 10.2 Å². The smallest absolute Gasteiger partial charge is 0.392 e. The number of alkyl halides is 3. The molecule has 5 atom stereocenters. The van der Waals surface area contributed by atoms with E-state index in [1.807, 2.05) is 24.3 Å². The molecule has 51 heavy (non-hydrogen) atoms. The van der Waals surface area contributed by atoms with Gasteiger partial charge in [-0.1, -0.05) is 43.3 Å². The molecule has 0 bridgehead atoms. The molecule has 3 heterocycles. The fourth-order valence-corrected chi connectivity index (χ4v) is 6.95. The van der Waals surface area contributed by atoms with Crippen molar-refractivity contribution < 1.29 is 42.3 Å². The molecule has 0 spiro atoms. The van der Waals surface area contributed by atoms with Gasteiger partial charge in [0.25, 0.3) is 5.69 Å². The van der Waals surface area contributed by atoms with Gasteiger partial charge in [0.15, 0.2) is 6.29 Å². The second-order valence-electron chi connectivity index (χ2n) is 13.1. The molecule has 0 aromatic heterocycles. The lowest BCUT2D eigenvalue weighted by molar-refractivity contribution is -0.384. The van der Waals surface area contributed by atoms with Crippen molar-refractivity contribution in [2.24, 2.45) is 5.92 Å². The van der Waals surface area contributed by atoms with Crippen LogP contribution in [0.2, 0.25) is 0 Å². The van der Waals surface area contributed by atoms with Gasteiger partial charge in [-0.05, 0) is 48.2 Å². The van der Waals surface area contributed by atoms with Crippen molar-refractivity contribution in [3.05, 3.63) is 99.6 Å². The number of halogens is 3. The van der Waals surface area contributed by atoms with E-state index < -0.39 is 35.2 Å². The Morgan fingerprint density at radius 1 is 0.922 bits per heavy atom. The number of nitrogens with one attached hydrogen (secondary N) is 1. The van der Waals surface area contributed by atoms with Gasteiger partial charge in [-0.3, -0.25) is 24.6 Å². The fraction of sp³-hybridized carbons (Fsp3) is 0.444. The van der Waals surface area contributed by atoms with E-state index in [1.54, 1.807) is 36.4 Å². The lowest BCUT2D eigenvalue weighted by Crippen LogP contribution is -2.51. The van der Waals surface area contributed by atoms with Crippen molar-refractivity contribution in [3.63, 3.8) is 0 Å². The first kappa shape index (κ1) is 36.2. The highest BCUT2D eigenvalue weighted by Gasteiger charge is 2.47. The Kier molecular flexibility index (Phi) is 10.9. The summed E-state index contributed by atoms with van der Waals surface area (Å²) in [7, 11) is 0. The molecule has 2 N–H and O–H groups in total. The number of amides is 2. The quantitative estimate of drug-likeness (QED) is 0.227. The summed E-state index contributed by atoms with van der Waals surface area (Å²) in [5, 5.41) is 23.3. The van der Waals surface area contributed by atoms with Crippen molar-refractivity contribution in [2.75, 3.05) is 49.5 Å². The van der Waals surface area contributed by atoms with Gasteiger partial charge in [0, 0.05) is 74.3 Å². The van der Waals surface area contributed by atoms with Gasteiger partial charge in [-0.25, -0.2) is 0 Å². The van der Waals surface area contributed by atoms with Crippen molar-refractivity contribution >= 4 is 28.9 Å². The maximum Gasteiger partial charge on any atom is 0.471 e. The maximum absolute atomic E-state index is 13.1. The van der Waals surface area contributed by atoms with Crippen LogP contribution in [0.5, 0.6) is 0 Å². The van der Waals surface area contributed by atoms with Crippen LogP contribution in [-0.2, 0) is 25.7 Å². The molecule has 3 aliphatic heterocycles. The zero-order chi connectivity index (χ0) is 36.3. The number of nitro benzene ring substituents is 1. The molecular weight excluding hydrogens is 671 g/mol. The van der Waals surface area contributed by atoms with Crippen LogP contribution in [-0.4, -0.2) is 89.2 Å². The predicted octanol–water partition coefficient (Wildman–Crippen LogP) is 5.19. The minimum Gasteiger partial charge on any atom is -0.392 e. The van der Waals surface area contributed by atoms with E-state index in [2.05, 4.69) is 22.0 Å². The number of aliphatic hydroxyl groups excluding tert-OH is 1. The number of non-ortho nitro benzene ring substituents is 1. The van der Waals surface area contributed by atoms with Crippen LogP contribution in [0.3, 0.4) is 0 Å². The number of hydrogen-bond donors (Lipinski definition) is 2. The van der Waals surface area contributed by atoms with Crippen LogP contribution in [0.1, 0.15) is 48.8 Å². The first-order valence-electron chi connectivity index (χ1n) is 16.9. The molecule has 3 aliphatic rings.